The van der Waals surface area contributed by atoms with Gasteiger partial charge in [0.25, 0.3) is 0 Å². The molecule has 0 aliphatic carbocycles. The number of hydrogen-bond donors (Lipinski definition) is 4. The molecule has 4 aromatic rings. The summed E-state index contributed by atoms with van der Waals surface area (Å²) in [5, 5.41) is 30.2. The van der Waals surface area contributed by atoms with Crippen LogP contribution in [0.15, 0.2) is 102 Å². The molecule has 1 aliphatic rings. The van der Waals surface area contributed by atoms with Crippen LogP contribution in [0.25, 0.3) is 11.1 Å². The fourth-order valence-electron chi connectivity index (χ4n) is 5.11. The van der Waals surface area contributed by atoms with Gasteiger partial charge >= 0.3 is 11.9 Å². The van der Waals surface area contributed by atoms with Crippen molar-refractivity contribution in [3.63, 3.8) is 0 Å². The summed E-state index contributed by atoms with van der Waals surface area (Å²) in [6.07, 6.45) is -0.618. The molecule has 3 atom stereocenters. The van der Waals surface area contributed by atoms with Crippen LogP contribution in [-0.4, -0.2) is 45.0 Å². The van der Waals surface area contributed by atoms with Gasteiger partial charge in [-0.25, -0.2) is 4.79 Å². The van der Waals surface area contributed by atoms with Crippen LogP contribution in [0.5, 0.6) is 0 Å². The SMILES string of the molecule is O=C(O)CCC(=O)NCc1cccc(-c2ccc([C@H]3O[C@@H](CSc4ccc(C(=O)O)cc4)C[C@@H](c4ccc(CO)cc4)O3)cc2)c1. The van der Waals surface area contributed by atoms with Crippen LogP contribution in [0, 0.1) is 0 Å². The van der Waals surface area contributed by atoms with Gasteiger partial charge in [-0.3, -0.25) is 9.59 Å². The number of aliphatic hydroxyl groups is 1. The smallest absolute Gasteiger partial charge is 0.335 e. The largest absolute Gasteiger partial charge is 0.481 e. The van der Waals surface area contributed by atoms with E-state index in [1.165, 1.54) is 0 Å². The lowest BCUT2D eigenvalue weighted by Gasteiger charge is -2.36. The lowest BCUT2D eigenvalue weighted by atomic mass is 9.99. The molecular weight excluding hydrogens is 606 g/mol. The van der Waals surface area contributed by atoms with Gasteiger partial charge in [0, 0.05) is 35.6 Å². The molecule has 0 spiro atoms. The number of aliphatic hydroxyl groups excluding tert-OH is 1. The number of hydrogen-bond acceptors (Lipinski definition) is 7. The van der Waals surface area contributed by atoms with Gasteiger partial charge in [0.05, 0.1) is 30.8 Å². The van der Waals surface area contributed by atoms with Crippen molar-refractivity contribution >= 4 is 29.6 Å². The van der Waals surface area contributed by atoms with E-state index >= 15 is 0 Å². The van der Waals surface area contributed by atoms with Crippen LogP contribution in [0.4, 0.5) is 0 Å². The second-order valence-electron chi connectivity index (χ2n) is 11.0. The molecule has 0 radical (unpaired) electrons. The topological polar surface area (TPSA) is 142 Å². The zero-order valence-electron chi connectivity index (χ0n) is 25.0. The summed E-state index contributed by atoms with van der Waals surface area (Å²) in [6, 6.07) is 30.3. The number of rotatable bonds is 13. The highest BCUT2D eigenvalue weighted by atomic mass is 32.2. The Morgan fingerprint density at radius 3 is 2.17 bits per heavy atom. The van der Waals surface area contributed by atoms with Gasteiger partial charge in [-0.1, -0.05) is 66.7 Å². The third-order valence-corrected chi connectivity index (χ3v) is 8.79. The van der Waals surface area contributed by atoms with Crippen LogP contribution in [0.3, 0.4) is 0 Å². The average molecular weight is 642 g/mol. The van der Waals surface area contributed by atoms with Crippen molar-refractivity contribution in [3.05, 3.63) is 125 Å². The summed E-state index contributed by atoms with van der Waals surface area (Å²) in [5.41, 5.74) is 5.78. The minimum absolute atomic E-state index is 0.0336. The first kappa shape index (κ1) is 32.9. The first-order valence-corrected chi connectivity index (χ1v) is 15.9. The number of benzene rings is 4. The van der Waals surface area contributed by atoms with E-state index in [-0.39, 0.29) is 43.1 Å². The monoisotopic (exact) mass is 641 g/mol. The summed E-state index contributed by atoms with van der Waals surface area (Å²) in [5.74, 6) is -1.62. The third-order valence-electron chi connectivity index (χ3n) is 7.65. The van der Waals surface area contributed by atoms with Gasteiger partial charge in [0.2, 0.25) is 5.91 Å². The molecule has 10 heteroatoms. The fourth-order valence-corrected chi connectivity index (χ4v) is 6.03. The number of carbonyl (C=O) groups excluding carboxylic acids is 1. The van der Waals surface area contributed by atoms with E-state index in [0.29, 0.717) is 18.7 Å². The van der Waals surface area contributed by atoms with Crippen LogP contribution in [0.1, 0.15) is 64.3 Å². The zero-order valence-corrected chi connectivity index (χ0v) is 25.8. The third kappa shape index (κ3) is 9.04. The van der Waals surface area contributed by atoms with Crippen molar-refractivity contribution in [2.24, 2.45) is 0 Å². The van der Waals surface area contributed by atoms with Crippen LogP contribution < -0.4 is 5.32 Å². The van der Waals surface area contributed by atoms with E-state index in [4.69, 9.17) is 14.6 Å². The van der Waals surface area contributed by atoms with Gasteiger partial charge in [0.1, 0.15) is 0 Å². The molecule has 4 aromatic carbocycles. The van der Waals surface area contributed by atoms with Crippen LogP contribution in [0.2, 0.25) is 0 Å². The number of nitrogens with one attached hydrogen (secondary N) is 1. The quantitative estimate of drug-likeness (QED) is 0.123. The number of aliphatic carboxylic acids is 1. The molecule has 0 unspecified atom stereocenters. The number of carboxylic acids is 2. The summed E-state index contributed by atoms with van der Waals surface area (Å²) < 4.78 is 12.9. The Hall–Kier alpha value is -4.48. The first-order chi connectivity index (χ1) is 22.3. The van der Waals surface area contributed by atoms with Gasteiger partial charge < -0.3 is 30.1 Å². The molecule has 46 heavy (non-hydrogen) atoms. The number of aromatic carboxylic acids is 1. The molecule has 1 saturated heterocycles. The molecule has 1 amide bonds. The minimum Gasteiger partial charge on any atom is -0.481 e. The van der Waals surface area contributed by atoms with E-state index in [2.05, 4.69) is 5.32 Å². The van der Waals surface area contributed by atoms with Crippen molar-refractivity contribution in [3.8, 4) is 11.1 Å². The molecule has 238 valence electrons. The lowest BCUT2D eigenvalue weighted by molar-refractivity contribution is -0.245. The van der Waals surface area contributed by atoms with Gasteiger partial charge in [-0.2, -0.15) is 0 Å². The van der Waals surface area contributed by atoms with Crippen LogP contribution >= 0.6 is 11.8 Å². The van der Waals surface area contributed by atoms with E-state index in [9.17, 15) is 24.6 Å². The number of thioether (sulfide) groups is 1. The lowest BCUT2D eigenvalue weighted by Crippen LogP contribution is -2.31. The minimum atomic E-state index is -1.00. The Balaban J connectivity index is 1.28. The second kappa shape index (κ2) is 15.7. The molecule has 0 bridgehead atoms. The average Bonchev–Trinajstić information content (AvgIpc) is 3.09. The van der Waals surface area contributed by atoms with Gasteiger partial charge in [-0.15, -0.1) is 11.8 Å². The second-order valence-corrected chi connectivity index (χ2v) is 12.1. The highest BCUT2D eigenvalue weighted by molar-refractivity contribution is 7.99. The number of amides is 1. The molecule has 4 N–H and O–H groups in total. The van der Waals surface area contributed by atoms with E-state index in [1.54, 1.807) is 36.0 Å². The fraction of sp³-hybridized carbons (Fsp3) is 0.250. The predicted molar refractivity (Wildman–Crippen MR) is 173 cm³/mol. The summed E-state index contributed by atoms with van der Waals surface area (Å²) in [7, 11) is 0. The zero-order chi connectivity index (χ0) is 32.5. The maximum atomic E-state index is 11.9. The maximum Gasteiger partial charge on any atom is 0.335 e. The van der Waals surface area contributed by atoms with Crippen molar-refractivity contribution < 1.29 is 39.2 Å². The Bertz CT molecular complexity index is 1640. The Labute approximate surface area is 271 Å². The summed E-state index contributed by atoms with van der Waals surface area (Å²) >= 11 is 1.60. The molecular formula is C36H35NO8S. The Morgan fingerprint density at radius 2 is 1.50 bits per heavy atom. The molecule has 1 heterocycles. The highest BCUT2D eigenvalue weighted by Crippen LogP contribution is 2.40. The Kier molecular flexibility index (Phi) is 11.2. The molecule has 5 rings (SSSR count). The molecule has 9 nitrogen and oxygen atoms in total. The number of carbonyl (C=O) groups is 3. The van der Waals surface area contributed by atoms with E-state index in [0.717, 1.165) is 38.3 Å². The van der Waals surface area contributed by atoms with E-state index in [1.807, 2.05) is 72.8 Å². The summed E-state index contributed by atoms with van der Waals surface area (Å²) in [4.78, 5) is 34.8. The van der Waals surface area contributed by atoms with E-state index < -0.39 is 18.2 Å². The van der Waals surface area contributed by atoms with Gasteiger partial charge in [0.15, 0.2) is 6.29 Å². The molecule has 1 aliphatic heterocycles. The number of ether oxygens (including phenoxy) is 2. The molecule has 0 saturated carbocycles. The van der Waals surface area contributed by atoms with Crippen LogP contribution in [-0.2, 0) is 32.2 Å². The molecule has 0 aromatic heterocycles. The summed E-state index contributed by atoms with van der Waals surface area (Å²) in [6.45, 7) is 0.270. The maximum absolute atomic E-state index is 11.9. The molecule has 1 fully saturated rings. The highest BCUT2D eigenvalue weighted by Gasteiger charge is 2.32. The predicted octanol–water partition coefficient (Wildman–Crippen LogP) is 6.36. The van der Waals surface area contributed by atoms with Crippen molar-refractivity contribution in [2.75, 3.05) is 5.75 Å². The van der Waals surface area contributed by atoms with Crippen molar-refractivity contribution in [1.82, 2.24) is 5.32 Å². The van der Waals surface area contributed by atoms with Gasteiger partial charge in [-0.05, 0) is 58.1 Å². The standard InChI is InChI=1S/C36H35NO8S/c38-21-23-4-6-26(7-5-23)32-19-30(22-46-31-14-12-27(13-15-31)35(42)43)44-36(45-32)28-10-8-25(9-11-28)29-3-1-2-24(18-29)20-37-33(39)16-17-34(40)41/h1-15,18,30,32,36,38H,16-17,19-22H2,(H,37,39)(H,40,41)(H,42,43)/t30-,32+,36+/m1/s1. The first-order valence-electron chi connectivity index (χ1n) is 14.9. The number of carboxylic acid groups (broad SMARTS) is 2. The van der Waals surface area contributed by atoms with Crippen molar-refractivity contribution in [1.29, 1.82) is 0 Å². The van der Waals surface area contributed by atoms with Crippen molar-refractivity contribution in [2.45, 2.75) is 55.8 Å². The Morgan fingerprint density at radius 1 is 0.783 bits per heavy atom. The normalized spacial score (nSPS) is 17.7.